The highest BCUT2D eigenvalue weighted by Gasteiger charge is 2.12. The Morgan fingerprint density at radius 2 is 2.27 bits per heavy atom. The summed E-state index contributed by atoms with van der Waals surface area (Å²) in [5.74, 6) is 0.609. The summed E-state index contributed by atoms with van der Waals surface area (Å²) in [6, 6.07) is 3.60. The maximum Gasteiger partial charge on any atom is 0.410 e. The van der Waals surface area contributed by atoms with E-state index in [4.69, 9.17) is 16.2 Å². The second-order valence-electron chi connectivity index (χ2n) is 3.15. The smallest absolute Gasteiger partial charge is 0.408 e. The van der Waals surface area contributed by atoms with Gasteiger partial charge in [-0.05, 0) is 18.6 Å². The van der Waals surface area contributed by atoms with Crippen molar-refractivity contribution in [3.05, 3.63) is 17.7 Å². The second-order valence-corrected chi connectivity index (χ2v) is 3.15. The fraction of sp³-hybridized carbons (Fsp3) is 0.111. The van der Waals surface area contributed by atoms with E-state index in [0.29, 0.717) is 16.8 Å². The van der Waals surface area contributed by atoms with Gasteiger partial charge in [0.15, 0.2) is 11.7 Å². The quantitative estimate of drug-likeness (QED) is 0.644. The van der Waals surface area contributed by atoms with Gasteiger partial charge in [-0.25, -0.2) is 9.78 Å². The van der Waals surface area contributed by atoms with Gasteiger partial charge in [-0.3, -0.25) is 0 Å². The highest BCUT2D eigenvalue weighted by atomic mass is 16.5. The number of fused-ring (bicyclic) bond motifs is 1. The van der Waals surface area contributed by atoms with Crippen LogP contribution in [0.4, 0.5) is 10.7 Å². The number of nitrogens with two attached hydrogens (primary N) is 2. The minimum atomic E-state index is -0.868. The molecule has 15 heavy (non-hydrogen) atoms. The van der Waals surface area contributed by atoms with Crippen molar-refractivity contribution in [1.29, 1.82) is 0 Å². The molecule has 0 unspecified atom stereocenters. The van der Waals surface area contributed by atoms with Crippen molar-refractivity contribution in [3.63, 3.8) is 0 Å². The van der Waals surface area contributed by atoms with E-state index in [1.54, 1.807) is 13.0 Å². The zero-order valence-corrected chi connectivity index (χ0v) is 8.07. The van der Waals surface area contributed by atoms with Crippen LogP contribution in [0.5, 0.6) is 5.75 Å². The number of aryl methyl sites for hydroxylation is 1. The molecule has 2 aromatic rings. The lowest BCUT2D eigenvalue weighted by Gasteiger charge is -2.04. The number of H-pyrrole nitrogens is 1. The molecule has 2 rings (SSSR count). The highest BCUT2D eigenvalue weighted by Crippen LogP contribution is 2.28. The first-order valence-corrected chi connectivity index (χ1v) is 4.30. The summed E-state index contributed by atoms with van der Waals surface area (Å²) < 4.78 is 4.87. The van der Waals surface area contributed by atoms with Crippen molar-refractivity contribution in [1.82, 2.24) is 9.97 Å². The van der Waals surface area contributed by atoms with Crippen LogP contribution in [0.3, 0.4) is 0 Å². The topological polar surface area (TPSA) is 107 Å². The number of benzene rings is 1. The molecule has 1 heterocycles. The Labute approximate surface area is 85.2 Å². The molecule has 0 aliphatic rings. The van der Waals surface area contributed by atoms with Crippen LogP contribution in [0, 0.1) is 6.92 Å². The molecule has 1 aromatic heterocycles. The van der Waals surface area contributed by atoms with Crippen LogP contribution in [-0.2, 0) is 0 Å². The molecule has 0 aliphatic heterocycles. The molecule has 0 spiro atoms. The van der Waals surface area contributed by atoms with Crippen LogP contribution in [0.15, 0.2) is 12.1 Å². The number of rotatable bonds is 1. The summed E-state index contributed by atoms with van der Waals surface area (Å²) in [6.45, 7) is 1.79. The number of primary amides is 1. The molecule has 0 radical (unpaired) electrons. The predicted octanol–water partition coefficient (Wildman–Crippen LogP) is 0.911. The van der Waals surface area contributed by atoms with Crippen molar-refractivity contribution in [2.75, 3.05) is 5.73 Å². The summed E-state index contributed by atoms with van der Waals surface area (Å²) in [7, 11) is 0. The molecule has 0 bridgehead atoms. The van der Waals surface area contributed by atoms with Crippen molar-refractivity contribution in [2.45, 2.75) is 6.92 Å². The van der Waals surface area contributed by atoms with E-state index < -0.39 is 6.09 Å². The lowest BCUT2D eigenvalue weighted by molar-refractivity contribution is 0.211. The molecule has 1 aromatic carbocycles. The van der Waals surface area contributed by atoms with Crippen LogP contribution in [0.25, 0.3) is 11.0 Å². The minimum Gasteiger partial charge on any atom is -0.408 e. The van der Waals surface area contributed by atoms with Crippen LogP contribution < -0.4 is 16.2 Å². The number of nitrogen functional groups attached to an aromatic ring is 1. The Bertz CT molecular complexity index is 532. The predicted molar refractivity (Wildman–Crippen MR) is 55.5 cm³/mol. The summed E-state index contributed by atoms with van der Waals surface area (Å²) >= 11 is 0. The molecule has 6 heteroatoms. The maximum absolute atomic E-state index is 10.7. The number of aromatic amines is 1. The Hall–Kier alpha value is -2.24. The van der Waals surface area contributed by atoms with Crippen LogP contribution in [0.2, 0.25) is 0 Å². The summed E-state index contributed by atoms with van der Waals surface area (Å²) in [5.41, 5.74) is 12.4. The first-order valence-electron chi connectivity index (χ1n) is 4.30. The zero-order chi connectivity index (χ0) is 11.0. The SMILES string of the molecule is Cc1ccc2[nH]c(N)nc2c1OC(N)=O. The Morgan fingerprint density at radius 3 is 2.93 bits per heavy atom. The number of amides is 1. The number of aromatic nitrogens is 2. The number of nitrogens with zero attached hydrogens (tertiary/aromatic N) is 1. The van der Waals surface area contributed by atoms with Crippen molar-refractivity contribution < 1.29 is 9.53 Å². The molecule has 6 nitrogen and oxygen atoms in total. The number of ether oxygens (including phenoxy) is 1. The fourth-order valence-corrected chi connectivity index (χ4v) is 1.40. The molecule has 78 valence electrons. The van der Waals surface area contributed by atoms with Gasteiger partial charge in [-0.15, -0.1) is 0 Å². The monoisotopic (exact) mass is 206 g/mol. The number of nitrogens with one attached hydrogen (secondary N) is 1. The van der Waals surface area contributed by atoms with Gasteiger partial charge in [0.25, 0.3) is 0 Å². The van der Waals surface area contributed by atoms with Crippen molar-refractivity contribution in [3.8, 4) is 5.75 Å². The first-order chi connectivity index (χ1) is 7.08. The van der Waals surface area contributed by atoms with Crippen LogP contribution in [0.1, 0.15) is 5.56 Å². The van der Waals surface area contributed by atoms with Gasteiger partial charge in [0.05, 0.1) is 5.52 Å². The normalized spacial score (nSPS) is 10.5. The lowest BCUT2D eigenvalue weighted by atomic mass is 10.2. The lowest BCUT2D eigenvalue weighted by Crippen LogP contribution is -2.17. The maximum atomic E-state index is 10.7. The molecule has 1 amide bonds. The number of anilines is 1. The van der Waals surface area contributed by atoms with E-state index in [1.807, 2.05) is 6.07 Å². The molecular weight excluding hydrogens is 196 g/mol. The fourth-order valence-electron chi connectivity index (χ4n) is 1.40. The molecule has 0 saturated heterocycles. The van der Waals surface area contributed by atoms with E-state index in [1.165, 1.54) is 0 Å². The zero-order valence-electron chi connectivity index (χ0n) is 8.07. The average Bonchev–Trinajstić information content (AvgIpc) is 2.51. The third kappa shape index (κ3) is 1.56. The number of hydrogen-bond donors (Lipinski definition) is 3. The standard InChI is InChI=1S/C9H10N4O2/c1-4-2-3-5-6(13-8(10)12-5)7(4)15-9(11)14/h2-3H,1H3,(H2,11,14)(H3,10,12,13). The largest absolute Gasteiger partial charge is 0.410 e. The summed E-state index contributed by atoms with van der Waals surface area (Å²) in [5, 5.41) is 0. The van der Waals surface area contributed by atoms with E-state index in [9.17, 15) is 4.79 Å². The number of carbonyl (C=O) groups excluding carboxylic acids is 1. The Balaban J connectivity index is 2.67. The van der Waals surface area contributed by atoms with Crippen LogP contribution >= 0.6 is 0 Å². The van der Waals surface area contributed by atoms with Crippen LogP contribution in [-0.4, -0.2) is 16.1 Å². The summed E-state index contributed by atoms with van der Waals surface area (Å²) in [4.78, 5) is 17.6. The van der Waals surface area contributed by atoms with E-state index in [0.717, 1.165) is 5.56 Å². The van der Waals surface area contributed by atoms with Gasteiger partial charge in [0, 0.05) is 0 Å². The van der Waals surface area contributed by atoms with Gasteiger partial charge in [-0.2, -0.15) is 0 Å². The van der Waals surface area contributed by atoms with E-state index in [2.05, 4.69) is 9.97 Å². The van der Waals surface area contributed by atoms with E-state index in [-0.39, 0.29) is 5.95 Å². The third-order valence-corrected chi connectivity index (χ3v) is 2.03. The first kappa shape index (κ1) is 9.32. The van der Waals surface area contributed by atoms with Crippen molar-refractivity contribution >= 4 is 23.1 Å². The molecule has 0 aliphatic carbocycles. The van der Waals surface area contributed by atoms with E-state index >= 15 is 0 Å². The molecule has 0 saturated carbocycles. The average molecular weight is 206 g/mol. The second kappa shape index (κ2) is 3.16. The number of imidazole rings is 1. The van der Waals surface area contributed by atoms with Gasteiger partial charge in [0.1, 0.15) is 5.52 Å². The third-order valence-electron chi connectivity index (χ3n) is 2.03. The summed E-state index contributed by atoms with van der Waals surface area (Å²) in [6.07, 6.45) is -0.868. The highest BCUT2D eigenvalue weighted by molar-refractivity contribution is 5.87. The molecular formula is C9H10N4O2. The van der Waals surface area contributed by atoms with Crippen molar-refractivity contribution in [2.24, 2.45) is 5.73 Å². The van der Waals surface area contributed by atoms with Gasteiger partial charge >= 0.3 is 6.09 Å². The van der Waals surface area contributed by atoms with Gasteiger partial charge in [-0.1, -0.05) is 6.07 Å². The number of carbonyl (C=O) groups is 1. The molecule has 0 fully saturated rings. The minimum absolute atomic E-state index is 0.268. The Morgan fingerprint density at radius 1 is 1.53 bits per heavy atom. The van der Waals surface area contributed by atoms with Gasteiger partial charge < -0.3 is 21.2 Å². The number of hydrogen-bond acceptors (Lipinski definition) is 4. The Kier molecular flexibility index (Phi) is 1.96. The molecule has 0 atom stereocenters. The van der Waals surface area contributed by atoms with Gasteiger partial charge in [0.2, 0.25) is 0 Å². The molecule has 5 N–H and O–H groups in total.